The number of carbonyl (C=O) groups excluding carboxylic acids is 2. The molecule has 0 radical (unpaired) electrons. The van der Waals surface area contributed by atoms with E-state index in [2.05, 4.69) is 0 Å². The number of esters is 2. The Morgan fingerprint density at radius 2 is 0.894 bits per heavy atom. The van der Waals surface area contributed by atoms with E-state index < -0.39 is 26.7 Å². The van der Waals surface area contributed by atoms with Crippen LogP contribution in [0, 0.1) is 0 Å². The van der Waals surface area contributed by atoms with Gasteiger partial charge in [-0.15, -0.1) is 0 Å². The van der Waals surface area contributed by atoms with Crippen LogP contribution in [0.2, 0.25) is 0 Å². The molecule has 0 fully saturated rings. The molecule has 0 N–H and O–H groups in total. The molecular weight excluding hydrogens is 638 g/mol. The molecule has 0 saturated heterocycles. The fourth-order valence-corrected chi connectivity index (χ4v) is 10.2. The summed E-state index contributed by atoms with van der Waals surface area (Å²) in [6.07, 6.45) is 1.05. The molecule has 0 aliphatic carbocycles. The summed E-state index contributed by atoms with van der Waals surface area (Å²) in [6.45, 7) is 1.09. The second kappa shape index (κ2) is 14.7. The number of fused-ring (bicyclic) bond motifs is 6. The van der Waals surface area contributed by atoms with E-state index in [9.17, 15) is 18.7 Å². The fourth-order valence-electron chi connectivity index (χ4n) is 5.70. The predicted octanol–water partition coefficient (Wildman–Crippen LogP) is 6.98. The van der Waals surface area contributed by atoms with E-state index in [1.165, 1.54) is 0 Å². The molecule has 2 aliphatic rings. The topological polar surface area (TPSA) is 114 Å². The SMILES string of the molecule is O=C(CCP1(=O)Oc2ccccc2-c2ccccc21)OCCCOCCCOC(=O)CCP1(=O)Oc2ccccc2-c2ccccc21. The smallest absolute Gasteiger partial charge is 0.306 e. The summed E-state index contributed by atoms with van der Waals surface area (Å²) in [5.41, 5.74) is 3.50. The minimum Gasteiger partial charge on any atom is -0.466 e. The summed E-state index contributed by atoms with van der Waals surface area (Å²) in [6, 6.07) is 29.8. The largest absolute Gasteiger partial charge is 0.466 e. The number of hydrogen-bond acceptors (Lipinski definition) is 9. The molecule has 0 aromatic heterocycles. The summed E-state index contributed by atoms with van der Waals surface area (Å²) in [4.78, 5) is 24.8. The molecule has 2 atom stereocenters. The highest BCUT2D eigenvalue weighted by molar-refractivity contribution is 7.68. The van der Waals surface area contributed by atoms with Gasteiger partial charge in [-0.05, 0) is 35.4 Å². The van der Waals surface area contributed by atoms with E-state index in [-0.39, 0.29) is 38.4 Å². The van der Waals surface area contributed by atoms with Crippen LogP contribution < -0.4 is 19.7 Å². The summed E-state index contributed by atoms with van der Waals surface area (Å²) >= 11 is 0. The zero-order valence-electron chi connectivity index (χ0n) is 25.9. The van der Waals surface area contributed by atoms with Gasteiger partial charge in [0.2, 0.25) is 0 Å². The Bertz CT molecular complexity index is 1720. The third kappa shape index (κ3) is 7.54. The Morgan fingerprint density at radius 1 is 0.511 bits per heavy atom. The van der Waals surface area contributed by atoms with Crippen molar-refractivity contribution in [1.29, 1.82) is 0 Å². The quantitative estimate of drug-likeness (QED) is 0.0794. The minimum absolute atomic E-state index is 0.0264. The van der Waals surface area contributed by atoms with Crippen molar-refractivity contribution in [2.75, 3.05) is 38.8 Å². The van der Waals surface area contributed by atoms with E-state index >= 15 is 0 Å². The van der Waals surface area contributed by atoms with Crippen LogP contribution in [0.25, 0.3) is 22.3 Å². The second-order valence-corrected chi connectivity index (χ2v) is 16.2. The van der Waals surface area contributed by atoms with E-state index in [1.54, 1.807) is 24.3 Å². The molecule has 2 unspecified atom stereocenters. The second-order valence-electron chi connectivity index (χ2n) is 11.3. The van der Waals surface area contributed by atoms with Crippen molar-refractivity contribution in [2.24, 2.45) is 0 Å². The molecule has 4 aromatic rings. The Labute approximate surface area is 274 Å². The van der Waals surface area contributed by atoms with Gasteiger partial charge in [0.05, 0.1) is 36.7 Å². The van der Waals surface area contributed by atoms with Gasteiger partial charge in [-0.25, -0.2) is 0 Å². The van der Waals surface area contributed by atoms with Crippen LogP contribution in [-0.4, -0.2) is 50.7 Å². The minimum atomic E-state index is -3.28. The van der Waals surface area contributed by atoms with Crippen molar-refractivity contribution < 1.29 is 42.0 Å². The first-order chi connectivity index (χ1) is 22.9. The molecule has 0 bridgehead atoms. The van der Waals surface area contributed by atoms with Gasteiger partial charge >= 0.3 is 11.9 Å². The lowest BCUT2D eigenvalue weighted by atomic mass is 10.0. The number of para-hydroxylation sites is 2. The van der Waals surface area contributed by atoms with Crippen molar-refractivity contribution in [3.8, 4) is 33.8 Å². The number of benzene rings is 4. The van der Waals surface area contributed by atoms with E-state index in [4.69, 9.17) is 23.3 Å². The Morgan fingerprint density at radius 3 is 1.34 bits per heavy atom. The summed E-state index contributed by atoms with van der Waals surface area (Å²) in [7, 11) is -6.56. The lowest BCUT2D eigenvalue weighted by Crippen LogP contribution is -2.21. The highest BCUT2D eigenvalue weighted by Crippen LogP contribution is 2.56. The number of carbonyl (C=O) groups is 2. The van der Waals surface area contributed by atoms with E-state index in [1.807, 2.05) is 72.8 Å². The molecule has 11 heteroatoms. The maximum Gasteiger partial charge on any atom is 0.306 e. The van der Waals surface area contributed by atoms with Crippen LogP contribution in [0.5, 0.6) is 11.5 Å². The van der Waals surface area contributed by atoms with Crippen molar-refractivity contribution in [3.63, 3.8) is 0 Å². The standard InChI is InChI=1S/C36H36O9P2/c37-35(19-25-46(39)33-17-7-3-13-29(33)27-11-1-5-15-31(27)44-46)42-23-9-21-41-22-10-24-43-36(38)20-26-47(40)34-18-8-4-14-30(34)28-12-2-6-16-32(28)45-47/h1-8,11-18H,9-10,19-26H2. The van der Waals surface area contributed by atoms with Crippen molar-refractivity contribution in [2.45, 2.75) is 25.7 Å². The maximum atomic E-state index is 13.8. The number of hydrogen-bond donors (Lipinski definition) is 0. The van der Waals surface area contributed by atoms with Crippen LogP contribution >= 0.6 is 14.7 Å². The first-order valence-electron chi connectivity index (χ1n) is 15.7. The zero-order chi connectivity index (χ0) is 32.7. The Hall–Kier alpha value is -4.16. The first kappa shape index (κ1) is 32.8. The molecule has 0 amide bonds. The average Bonchev–Trinajstić information content (AvgIpc) is 3.09. The fraction of sp³-hybridized carbons (Fsp3) is 0.278. The number of ether oxygens (including phenoxy) is 3. The van der Waals surface area contributed by atoms with Crippen molar-refractivity contribution in [3.05, 3.63) is 97.1 Å². The van der Waals surface area contributed by atoms with Crippen LogP contribution in [0.3, 0.4) is 0 Å². The Kier molecular flexibility index (Phi) is 10.3. The van der Waals surface area contributed by atoms with Crippen LogP contribution in [-0.2, 0) is 32.9 Å². The predicted molar refractivity (Wildman–Crippen MR) is 180 cm³/mol. The van der Waals surface area contributed by atoms with Gasteiger partial charge in [0.25, 0.3) is 14.7 Å². The average molecular weight is 675 g/mol. The molecule has 47 heavy (non-hydrogen) atoms. The third-order valence-electron chi connectivity index (χ3n) is 8.00. The first-order valence-corrected chi connectivity index (χ1v) is 19.3. The van der Waals surface area contributed by atoms with Crippen molar-refractivity contribution >= 4 is 37.3 Å². The molecule has 0 spiro atoms. The molecule has 2 aliphatic heterocycles. The molecular formula is C36H36O9P2. The Balaban J connectivity index is 0.842. The van der Waals surface area contributed by atoms with Gasteiger partial charge in [0, 0.05) is 49.5 Å². The van der Waals surface area contributed by atoms with E-state index in [0.29, 0.717) is 48.2 Å². The van der Waals surface area contributed by atoms with Gasteiger partial charge in [0.1, 0.15) is 11.5 Å². The molecule has 2 heterocycles. The number of rotatable bonds is 14. The molecule has 6 rings (SSSR count). The highest BCUT2D eigenvalue weighted by Gasteiger charge is 2.37. The zero-order valence-corrected chi connectivity index (χ0v) is 27.7. The molecule has 0 saturated carbocycles. The van der Waals surface area contributed by atoms with E-state index in [0.717, 1.165) is 22.3 Å². The lowest BCUT2D eigenvalue weighted by Gasteiger charge is -2.28. The molecule has 4 aromatic carbocycles. The lowest BCUT2D eigenvalue weighted by molar-refractivity contribution is -0.144. The van der Waals surface area contributed by atoms with Crippen molar-refractivity contribution in [1.82, 2.24) is 0 Å². The maximum absolute atomic E-state index is 13.8. The third-order valence-corrected chi connectivity index (χ3v) is 12.9. The summed E-state index contributed by atoms with van der Waals surface area (Å²) in [5, 5.41) is 1.24. The highest BCUT2D eigenvalue weighted by atomic mass is 31.2. The van der Waals surface area contributed by atoms with Gasteiger partial charge in [-0.3, -0.25) is 18.7 Å². The van der Waals surface area contributed by atoms with Crippen LogP contribution in [0.15, 0.2) is 97.1 Å². The summed E-state index contributed by atoms with van der Waals surface area (Å²) in [5.74, 6) is 0.221. The van der Waals surface area contributed by atoms with Gasteiger partial charge in [-0.2, -0.15) is 0 Å². The van der Waals surface area contributed by atoms with Gasteiger partial charge < -0.3 is 23.3 Å². The normalized spacial score (nSPS) is 18.7. The molecule has 9 nitrogen and oxygen atoms in total. The monoisotopic (exact) mass is 674 g/mol. The molecule has 244 valence electrons. The summed E-state index contributed by atoms with van der Waals surface area (Å²) < 4.78 is 55.7. The van der Waals surface area contributed by atoms with Gasteiger partial charge in [-0.1, -0.05) is 72.8 Å². The van der Waals surface area contributed by atoms with Gasteiger partial charge in [0.15, 0.2) is 0 Å². The van der Waals surface area contributed by atoms with Crippen LogP contribution in [0.1, 0.15) is 25.7 Å². The van der Waals surface area contributed by atoms with Crippen LogP contribution in [0.4, 0.5) is 0 Å².